The maximum atomic E-state index is 13.9. The molecular weight excluding hydrogens is 404 g/mol. The molecule has 2 heterocycles. The minimum absolute atomic E-state index is 0.0461. The molecule has 0 spiro atoms. The summed E-state index contributed by atoms with van der Waals surface area (Å²) in [6, 6.07) is 4.63. The van der Waals surface area contributed by atoms with Gasteiger partial charge in [-0.2, -0.15) is 15.0 Å². The van der Waals surface area contributed by atoms with Crippen molar-refractivity contribution in [2.45, 2.75) is 19.9 Å². The summed E-state index contributed by atoms with van der Waals surface area (Å²) < 4.78 is 33.3. The highest BCUT2D eigenvalue weighted by Crippen LogP contribution is 2.21. The van der Waals surface area contributed by atoms with Crippen LogP contribution >= 0.6 is 11.6 Å². The Hall–Kier alpha value is -3.07. The average Bonchev–Trinajstić information content (AvgIpc) is 3.24. The van der Waals surface area contributed by atoms with E-state index in [1.807, 2.05) is 0 Å². The standard InChI is InChI=1S/C19H18ClF2N5O2/c1-3-26(12(2)11-29-18-5-4-13(20)10-23-18)19(28)14-8-15(21)16(22)9-17(14)27-24-6-7-25-27/h4-10,12H,3,11H2,1-2H3/t12-/m0/s1. The summed E-state index contributed by atoms with van der Waals surface area (Å²) in [6.45, 7) is 4.03. The lowest BCUT2D eigenvalue weighted by Gasteiger charge is -2.28. The van der Waals surface area contributed by atoms with E-state index in [2.05, 4.69) is 15.2 Å². The van der Waals surface area contributed by atoms with Crippen molar-refractivity contribution in [3.63, 3.8) is 0 Å². The van der Waals surface area contributed by atoms with Gasteiger partial charge in [0.15, 0.2) is 11.6 Å². The van der Waals surface area contributed by atoms with E-state index >= 15 is 0 Å². The number of pyridine rings is 1. The number of likely N-dealkylation sites (N-methyl/N-ethyl adjacent to an activating group) is 1. The van der Waals surface area contributed by atoms with Crippen LogP contribution in [0.4, 0.5) is 8.78 Å². The van der Waals surface area contributed by atoms with Crippen LogP contribution in [-0.4, -0.2) is 50.0 Å². The normalized spacial score (nSPS) is 11.9. The molecule has 2 aromatic heterocycles. The first-order valence-electron chi connectivity index (χ1n) is 8.81. The second-order valence-electron chi connectivity index (χ2n) is 6.17. The van der Waals surface area contributed by atoms with Crippen molar-refractivity contribution in [2.24, 2.45) is 0 Å². The van der Waals surface area contributed by atoms with Crippen LogP contribution in [0.2, 0.25) is 5.02 Å². The molecule has 0 bridgehead atoms. The van der Waals surface area contributed by atoms with E-state index in [-0.39, 0.29) is 23.9 Å². The second kappa shape index (κ2) is 8.95. The first-order chi connectivity index (χ1) is 13.9. The van der Waals surface area contributed by atoms with Gasteiger partial charge in [0.05, 0.1) is 29.0 Å². The number of halogens is 3. The summed E-state index contributed by atoms with van der Waals surface area (Å²) in [6.07, 6.45) is 4.21. The van der Waals surface area contributed by atoms with Crippen LogP contribution in [0.25, 0.3) is 5.69 Å². The van der Waals surface area contributed by atoms with Crippen molar-refractivity contribution < 1.29 is 18.3 Å². The Labute approximate surface area is 170 Å². The summed E-state index contributed by atoms with van der Waals surface area (Å²) in [5, 5.41) is 8.31. The number of ether oxygens (including phenoxy) is 1. The molecule has 29 heavy (non-hydrogen) atoms. The molecule has 0 aliphatic heterocycles. The molecule has 0 saturated carbocycles. The van der Waals surface area contributed by atoms with Crippen molar-refractivity contribution in [1.29, 1.82) is 0 Å². The summed E-state index contributed by atoms with van der Waals surface area (Å²) in [4.78, 5) is 19.7. The molecule has 0 fully saturated rings. The Kier molecular flexibility index (Phi) is 6.38. The van der Waals surface area contributed by atoms with Gasteiger partial charge >= 0.3 is 0 Å². The average molecular weight is 422 g/mol. The van der Waals surface area contributed by atoms with E-state index in [4.69, 9.17) is 16.3 Å². The number of hydrogen-bond acceptors (Lipinski definition) is 5. The summed E-state index contributed by atoms with van der Waals surface area (Å²) in [5.74, 6) is -2.37. The third-order valence-corrected chi connectivity index (χ3v) is 4.43. The number of carbonyl (C=O) groups excluding carboxylic acids is 1. The molecule has 1 atom stereocenters. The van der Waals surface area contributed by atoms with Crippen LogP contribution < -0.4 is 4.74 Å². The van der Waals surface area contributed by atoms with Gasteiger partial charge in [0.1, 0.15) is 12.3 Å². The van der Waals surface area contributed by atoms with E-state index in [1.54, 1.807) is 26.0 Å². The van der Waals surface area contributed by atoms with Crippen LogP contribution in [0.5, 0.6) is 5.88 Å². The molecule has 0 aliphatic rings. The number of rotatable bonds is 7. The van der Waals surface area contributed by atoms with E-state index in [9.17, 15) is 13.6 Å². The topological polar surface area (TPSA) is 73.1 Å². The molecule has 1 amide bonds. The Bertz CT molecular complexity index is 983. The lowest BCUT2D eigenvalue weighted by atomic mass is 10.1. The molecular formula is C19H18ClF2N5O2. The molecule has 7 nitrogen and oxygen atoms in total. The monoisotopic (exact) mass is 421 g/mol. The summed E-state index contributed by atoms with van der Waals surface area (Å²) in [7, 11) is 0. The molecule has 10 heteroatoms. The number of nitrogens with zero attached hydrogens (tertiary/aromatic N) is 5. The van der Waals surface area contributed by atoms with Gasteiger partial charge in [-0.15, -0.1) is 0 Å². The molecule has 0 aliphatic carbocycles. The highest BCUT2D eigenvalue weighted by Gasteiger charge is 2.26. The first-order valence-corrected chi connectivity index (χ1v) is 9.19. The molecule has 3 rings (SSSR count). The Morgan fingerprint density at radius 2 is 1.93 bits per heavy atom. The zero-order valence-electron chi connectivity index (χ0n) is 15.7. The number of amides is 1. The van der Waals surface area contributed by atoms with Crippen molar-refractivity contribution in [1.82, 2.24) is 24.9 Å². The fourth-order valence-corrected chi connectivity index (χ4v) is 2.88. The van der Waals surface area contributed by atoms with Gasteiger partial charge in [-0.05, 0) is 26.0 Å². The zero-order valence-corrected chi connectivity index (χ0v) is 16.5. The Morgan fingerprint density at radius 3 is 2.55 bits per heavy atom. The highest BCUT2D eigenvalue weighted by atomic mass is 35.5. The number of carbonyl (C=O) groups is 1. The van der Waals surface area contributed by atoms with E-state index < -0.39 is 17.5 Å². The second-order valence-corrected chi connectivity index (χ2v) is 6.60. The minimum atomic E-state index is -1.13. The van der Waals surface area contributed by atoms with Crippen LogP contribution in [0.3, 0.4) is 0 Å². The maximum Gasteiger partial charge on any atom is 0.256 e. The van der Waals surface area contributed by atoms with Gasteiger partial charge in [0.25, 0.3) is 5.91 Å². The molecule has 0 radical (unpaired) electrons. The van der Waals surface area contributed by atoms with E-state index in [1.165, 1.54) is 23.5 Å². The first kappa shape index (κ1) is 20.7. The van der Waals surface area contributed by atoms with Crippen molar-refractivity contribution in [3.8, 4) is 11.6 Å². The third-order valence-electron chi connectivity index (χ3n) is 4.21. The van der Waals surface area contributed by atoms with Gasteiger partial charge in [0.2, 0.25) is 5.88 Å². The van der Waals surface area contributed by atoms with Crippen LogP contribution in [-0.2, 0) is 0 Å². The quantitative estimate of drug-likeness (QED) is 0.583. The molecule has 0 saturated heterocycles. The van der Waals surface area contributed by atoms with Crippen molar-refractivity contribution in [2.75, 3.05) is 13.2 Å². The van der Waals surface area contributed by atoms with Crippen LogP contribution in [0, 0.1) is 11.6 Å². The Balaban J connectivity index is 1.83. The molecule has 1 aromatic carbocycles. The maximum absolute atomic E-state index is 13.9. The number of aromatic nitrogens is 4. The third kappa shape index (κ3) is 4.68. The Morgan fingerprint density at radius 1 is 1.24 bits per heavy atom. The van der Waals surface area contributed by atoms with Gasteiger partial charge in [-0.3, -0.25) is 4.79 Å². The largest absolute Gasteiger partial charge is 0.475 e. The van der Waals surface area contributed by atoms with Crippen LogP contribution in [0.15, 0.2) is 42.9 Å². The van der Waals surface area contributed by atoms with Gasteiger partial charge in [0, 0.05) is 24.9 Å². The SMILES string of the molecule is CCN(C(=O)c1cc(F)c(F)cc1-n1nccn1)[C@@H](C)COc1ccc(Cl)cn1. The van der Waals surface area contributed by atoms with E-state index in [0.29, 0.717) is 17.4 Å². The smallest absolute Gasteiger partial charge is 0.256 e. The molecule has 0 unspecified atom stereocenters. The zero-order chi connectivity index (χ0) is 21.0. The lowest BCUT2D eigenvalue weighted by Crippen LogP contribution is -2.42. The van der Waals surface area contributed by atoms with Gasteiger partial charge in [-0.1, -0.05) is 11.6 Å². The predicted octanol–water partition coefficient (Wildman–Crippen LogP) is 3.52. The fourth-order valence-electron chi connectivity index (χ4n) is 2.77. The van der Waals surface area contributed by atoms with Crippen molar-refractivity contribution >= 4 is 17.5 Å². The molecule has 3 aromatic rings. The number of benzene rings is 1. The molecule has 0 N–H and O–H groups in total. The minimum Gasteiger partial charge on any atom is -0.475 e. The summed E-state index contributed by atoms with van der Waals surface area (Å²) in [5.41, 5.74) is -0.0109. The fraction of sp³-hybridized carbons (Fsp3) is 0.263. The van der Waals surface area contributed by atoms with Gasteiger partial charge < -0.3 is 9.64 Å². The predicted molar refractivity (Wildman–Crippen MR) is 102 cm³/mol. The molecule has 152 valence electrons. The van der Waals surface area contributed by atoms with E-state index in [0.717, 1.165) is 16.9 Å². The number of hydrogen-bond donors (Lipinski definition) is 0. The van der Waals surface area contributed by atoms with Crippen LogP contribution in [0.1, 0.15) is 24.2 Å². The highest BCUT2D eigenvalue weighted by molar-refractivity contribution is 6.30. The summed E-state index contributed by atoms with van der Waals surface area (Å²) >= 11 is 5.80. The lowest BCUT2D eigenvalue weighted by molar-refractivity contribution is 0.0645. The van der Waals surface area contributed by atoms with Crippen molar-refractivity contribution in [3.05, 3.63) is 65.1 Å². The van der Waals surface area contributed by atoms with Gasteiger partial charge in [-0.25, -0.2) is 13.8 Å².